The average molecular weight is 366 g/mol. The van der Waals surface area contributed by atoms with Crippen LogP contribution in [0.5, 0.6) is 0 Å². The molecule has 0 aromatic heterocycles. The van der Waals surface area contributed by atoms with Crippen LogP contribution in [0.2, 0.25) is 0 Å². The standard InChI is InChI=1S/C22H27N3S/c1-22(2,3)18-14-12-17(13-15-18)20-11-7-8-16-25(24-20)21(26)23-19-9-5-4-6-10-19/h4-6,9-10,12-15H,7-8,11,16H2,1-3H3,(H,23,26). The number of hydrogen-bond donors (Lipinski definition) is 1. The van der Waals surface area contributed by atoms with Crippen molar-refractivity contribution in [2.75, 3.05) is 11.9 Å². The molecule has 0 saturated heterocycles. The van der Waals surface area contributed by atoms with Crippen molar-refractivity contribution in [1.29, 1.82) is 0 Å². The van der Waals surface area contributed by atoms with Gasteiger partial charge in [0.05, 0.1) is 5.71 Å². The molecule has 0 saturated carbocycles. The van der Waals surface area contributed by atoms with Crippen molar-refractivity contribution in [3.8, 4) is 0 Å². The van der Waals surface area contributed by atoms with Gasteiger partial charge in [-0.25, -0.2) is 5.01 Å². The molecule has 3 nitrogen and oxygen atoms in total. The Labute approximate surface area is 162 Å². The predicted octanol–water partition coefficient (Wildman–Crippen LogP) is 5.57. The van der Waals surface area contributed by atoms with Crippen molar-refractivity contribution in [2.45, 2.75) is 45.4 Å². The third-order valence-electron chi connectivity index (χ3n) is 4.62. The normalized spacial score (nSPS) is 15.2. The Balaban J connectivity index is 1.79. The first-order valence-electron chi connectivity index (χ1n) is 9.25. The monoisotopic (exact) mass is 365 g/mol. The largest absolute Gasteiger partial charge is 0.331 e. The van der Waals surface area contributed by atoms with E-state index in [1.54, 1.807) is 0 Å². The van der Waals surface area contributed by atoms with Gasteiger partial charge in [-0.1, -0.05) is 63.2 Å². The number of rotatable bonds is 2. The number of hydrazone groups is 1. The summed E-state index contributed by atoms with van der Waals surface area (Å²) in [4.78, 5) is 0. The number of anilines is 1. The van der Waals surface area contributed by atoms with Gasteiger partial charge in [0.15, 0.2) is 5.11 Å². The summed E-state index contributed by atoms with van der Waals surface area (Å²) in [6.07, 6.45) is 3.20. The van der Waals surface area contributed by atoms with Gasteiger partial charge in [-0.05, 0) is 60.2 Å². The molecule has 0 bridgehead atoms. The maximum absolute atomic E-state index is 5.60. The molecule has 3 rings (SSSR count). The van der Waals surface area contributed by atoms with Crippen LogP contribution in [-0.2, 0) is 5.41 Å². The van der Waals surface area contributed by atoms with E-state index in [4.69, 9.17) is 17.3 Å². The molecule has 0 spiro atoms. The topological polar surface area (TPSA) is 27.6 Å². The zero-order valence-corrected chi connectivity index (χ0v) is 16.6. The third kappa shape index (κ3) is 4.70. The van der Waals surface area contributed by atoms with E-state index in [9.17, 15) is 0 Å². The van der Waals surface area contributed by atoms with Gasteiger partial charge in [-0.2, -0.15) is 5.10 Å². The molecule has 0 unspecified atom stereocenters. The van der Waals surface area contributed by atoms with E-state index in [-0.39, 0.29) is 5.41 Å². The Morgan fingerprint density at radius 2 is 1.69 bits per heavy atom. The molecule has 0 fully saturated rings. The highest BCUT2D eigenvalue weighted by atomic mass is 32.1. The number of hydrogen-bond acceptors (Lipinski definition) is 2. The molecule has 1 heterocycles. The zero-order chi connectivity index (χ0) is 18.6. The Hall–Kier alpha value is -2.20. The second-order valence-corrected chi connectivity index (χ2v) is 8.14. The van der Waals surface area contributed by atoms with E-state index in [1.807, 2.05) is 35.3 Å². The fourth-order valence-corrected chi connectivity index (χ4v) is 3.27. The summed E-state index contributed by atoms with van der Waals surface area (Å²) in [5, 5.41) is 10.8. The lowest BCUT2D eigenvalue weighted by atomic mass is 9.86. The maximum atomic E-state index is 5.60. The van der Waals surface area contributed by atoms with Crippen LogP contribution in [-0.4, -0.2) is 22.4 Å². The summed E-state index contributed by atoms with van der Waals surface area (Å²) in [5.41, 5.74) is 4.80. The van der Waals surface area contributed by atoms with Gasteiger partial charge in [0.2, 0.25) is 0 Å². The van der Waals surface area contributed by atoms with E-state index in [2.05, 4.69) is 50.4 Å². The van der Waals surface area contributed by atoms with Crippen molar-refractivity contribution in [2.24, 2.45) is 5.10 Å². The zero-order valence-electron chi connectivity index (χ0n) is 15.8. The van der Waals surface area contributed by atoms with Crippen molar-refractivity contribution in [3.05, 3.63) is 65.7 Å². The van der Waals surface area contributed by atoms with Crippen LogP contribution in [0.25, 0.3) is 0 Å². The highest BCUT2D eigenvalue weighted by Gasteiger charge is 2.17. The maximum Gasteiger partial charge on any atom is 0.194 e. The highest BCUT2D eigenvalue weighted by molar-refractivity contribution is 7.80. The van der Waals surface area contributed by atoms with Gasteiger partial charge in [-0.3, -0.25) is 0 Å². The molecule has 1 N–H and O–H groups in total. The highest BCUT2D eigenvalue weighted by Crippen LogP contribution is 2.23. The second-order valence-electron chi connectivity index (χ2n) is 7.75. The lowest BCUT2D eigenvalue weighted by Crippen LogP contribution is -2.31. The molecular weight excluding hydrogens is 338 g/mol. The summed E-state index contributed by atoms with van der Waals surface area (Å²) in [5.74, 6) is 0. The number of benzene rings is 2. The van der Waals surface area contributed by atoms with E-state index >= 15 is 0 Å². The van der Waals surface area contributed by atoms with Crippen molar-refractivity contribution < 1.29 is 0 Å². The molecule has 0 amide bonds. The number of nitrogens with one attached hydrogen (secondary N) is 1. The molecule has 136 valence electrons. The van der Waals surface area contributed by atoms with E-state index in [0.717, 1.165) is 37.2 Å². The first-order chi connectivity index (χ1) is 12.4. The summed E-state index contributed by atoms with van der Waals surface area (Å²) in [7, 11) is 0. The van der Waals surface area contributed by atoms with Gasteiger partial charge in [0, 0.05) is 12.2 Å². The van der Waals surface area contributed by atoms with Gasteiger partial charge in [-0.15, -0.1) is 0 Å². The SMILES string of the molecule is CC(C)(C)c1ccc(C2=NN(C(=S)Nc3ccccc3)CCCC2)cc1. The molecular formula is C22H27N3S. The Morgan fingerprint density at radius 1 is 1.00 bits per heavy atom. The van der Waals surface area contributed by atoms with Crippen LogP contribution >= 0.6 is 12.2 Å². The van der Waals surface area contributed by atoms with Gasteiger partial charge < -0.3 is 5.32 Å². The van der Waals surface area contributed by atoms with Crippen LogP contribution in [0.4, 0.5) is 5.69 Å². The minimum absolute atomic E-state index is 0.164. The lowest BCUT2D eigenvalue weighted by Gasteiger charge is -2.21. The fourth-order valence-electron chi connectivity index (χ4n) is 3.02. The van der Waals surface area contributed by atoms with Crippen LogP contribution in [0.15, 0.2) is 59.7 Å². The minimum atomic E-state index is 0.164. The fraction of sp³-hybridized carbons (Fsp3) is 0.364. The summed E-state index contributed by atoms with van der Waals surface area (Å²) < 4.78 is 0. The lowest BCUT2D eigenvalue weighted by molar-refractivity contribution is 0.448. The smallest absolute Gasteiger partial charge is 0.194 e. The molecule has 0 atom stereocenters. The van der Waals surface area contributed by atoms with Gasteiger partial charge in [0.1, 0.15) is 0 Å². The van der Waals surface area contributed by atoms with E-state index in [1.165, 1.54) is 11.1 Å². The predicted molar refractivity (Wildman–Crippen MR) is 115 cm³/mol. The molecule has 1 aliphatic rings. The summed E-state index contributed by atoms with van der Waals surface area (Å²) >= 11 is 5.60. The minimum Gasteiger partial charge on any atom is -0.331 e. The number of para-hydroxylation sites is 1. The van der Waals surface area contributed by atoms with Gasteiger partial charge in [0.25, 0.3) is 0 Å². The Morgan fingerprint density at radius 3 is 2.35 bits per heavy atom. The average Bonchev–Trinajstić information content (AvgIpc) is 2.88. The number of thiocarbonyl (C=S) groups is 1. The van der Waals surface area contributed by atoms with Crippen LogP contribution in [0.1, 0.15) is 51.2 Å². The Bertz CT molecular complexity index is 773. The molecule has 0 aliphatic carbocycles. The van der Waals surface area contributed by atoms with Crippen LogP contribution in [0.3, 0.4) is 0 Å². The Kier molecular flexibility index (Phi) is 5.72. The molecule has 2 aromatic carbocycles. The van der Waals surface area contributed by atoms with Crippen LogP contribution in [0, 0.1) is 0 Å². The molecule has 0 radical (unpaired) electrons. The quantitative estimate of drug-likeness (QED) is 0.705. The number of nitrogens with zero attached hydrogens (tertiary/aromatic N) is 2. The first kappa shape index (κ1) is 18.6. The van der Waals surface area contributed by atoms with Crippen molar-refractivity contribution >= 4 is 28.7 Å². The third-order valence-corrected chi connectivity index (χ3v) is 4.93. The second kappa shape index (κ2) is 8.00. The summed E-state index contributed by atoms with van der Waals surface area (Å²) in [6.45, 7) is 7.56. The molecule has 1 aliphatic heterocycles. The first-order valence-corrected chi connectivity index (χ1v) is 9.66. The molecule has 26 heavy (non-hydrogen) atoms. The van der Waals surface area contributed by atoms with E-state index < -0.39 is 0 Å². The van der Waals surface area contributed by atoms with E-state index in [0.29, 0.717) is 5.11 Å². The molecule has 4 heteroatoms. The van der Waals surface area contributed by atoms with Crippen molar-refractivity contribution in [3.63, 3.8) is 0 Å². The molecule has 2 aromatic rings. The van der Waals surface area contributed by atoms with Crippen LogP contribution < -0.4 is 5.32 Å². The summed E-state index contributed by atoms with van der Waals surface area (Å²) in [6, 6.07) is 18.8. The van der Waals surface area contributed by atoms with Gasteiger partial charge >= 0.3 is 0 Å². The van der Waals surface area contributed by atoms with Crippen molar-refractivity contribution in [1.82, 2.24) is 5.01 Å².